The molecule has 0 radical (unpaired) electrons. The summed E-state index contributed by atoms with van der Waals surface area (Å²) >= 11 is 5.65. The van der Waals surface area contributed by atoms with Crippen LogP contribution in [0.2, 0.25) is 5.02 Å². The molecule has 1 aromatic heterocycles. The van der Waals surface area contributed by atoms with Gasteiger partial charge in [0.05, 0.1) is 35.4 Å². The fourth-order valence-corrected chi connectivity index (χ4v) is 4.72. The second kappa shape index (κ2) is 9.03. The maximum atomic E-state index is 13.2. The molecule has 0 unspecified atom stereocenters. The average Bonchev–Trinajstić information content (AvgIpc) is 3.19. The van der Waals surface area contributed by atoms with E-state index in [1.54, 1.807) is 11.1 Å². The molecule has 1 fully saturated rings. The van der Waals surface area contributed by atoms with Crippen molar-refractivity contribution in [1.29, 1.82) is 0 Å². The van der Waals surface area contributed by atoms with Crippen molar-refractivity contribution in [2.45, 2.75) is 24.4 Å². The number of hydrogen-bond donors (Lipinski definition) is 1. The number of nitrogens with zero attached hydrogens (tertiary/aromatic N) is 4. The predicted octanol–water partition coefficient (Wildman–Crippen LogP) is 1.32. The lowest BCUT2D eigenvalue weighted by molar-refractivity contribution is -0.131. The highest BCUT2D eigenvalue weighted by molar-refractivity contribution is 7.89. The number of morpholine rings is 1. The Labute approximate surface area is 184 Å². The lowest BCUT2D eigenvalue weighted by Crippen LogP contribution is -2.37. The van der Waals surface area contributed by atoms with Gasteiger partial charge in [0.1, 0.15) is 5.82 Å². The van der Waals surface area contributed by atoms with Gasteiger partial charge in [-0.2, -0.15) is 0 Å². The number of amides is 1. The van der Waals surface area contributed by atoms with Crippen LogP contribution in [0.4, 0.5) is 10.3 Å². The topological polar surface area (TPSA) is 105 Å². The third kappa shape index (κ3) is 4.95. The minimum absolute atomic E-state index is 0.0219. The van der Waals surface area contributed by atoms with Crippen LogP contribution in [-0.4, -0.2) is 62.0 Å². The van der Waals surface area contributed by atoms with Crippen LogP contribution in [0.25, 0.3) is 0 Å². The zero-order valence-electron chi connectivity index (χ0n) is 16.6. The van der Waals surface area contributed by atoms with Crippen molar-refractivity contribution in [3.8, 4) is 0 Å². The molecule has 0 spiro atoms. The molecule has 1 amide bonds. The van der Waals surface area contributed by atoms with Crippen molar-refractivity contribution in [2.24, 2.45) is 0 Å². The van der Waals surface area contributed by atoms with Gasteiger partial charge in [-0.25, -0.2) is 27.5 Å². The summed E-state index contributed by atoms with van der Waals surface area (Å²) in [5.41, 5.74) is 1.68. The third-order valence-electron chi connectivity index (χ3n) is 5.12. The lowest BCUT2D eigenvalue weighted by Gasteiger charge is -2.26. The molecular formula is C19H21ClFN5O4S. The molecule has 4 rings (SSSR count). The summed E-state index contributed by atoms with van der Waals surface area (Å²) in [6.07, 6.45) is 1.72. The third-order valence-corrected chi connectivity index (χ3v) is 6.87. The molecule has 12 heteroatoms. The number of aromatic nitrogens is 2. The molecule has 0 saturated carbocycles. The van der Waals surface area contributed by atoms with Crippen molar-refractivity contribution in [2.75, 3.05) is 37.7 Å². The Bertz CT molecular complexity index is 1090. The van der Waals surface area contributed by atoms with E-state index in [0.29, 0.717) is 32.3 Å². The summed E-state index contributed by atoms with van der Waals surface area (Å²) in [4.78, 5) is 25.1. The van der Waals surface area contributed by atoms with Crippen molar-refractivity contribution in [3.05, 3.63) is 46.5 Å². The molecule has 0 aliphatic carbocycles. The van der Waals surface area contributed by atoms with E-state index in [0.717, 1.165) is 42.5 Å². The number of nitrogens with one attached hydrogen (secondary N) is 1. The van der Waals surface area contributed by atoms with Crippen molar-refractivity contribution < 1.29 is 22.3 Å². The highest BCUT2D eigenvalue weighted by Crippen LogP contribution is 2.23. The Hall–Kier alpha value is -2.34. The summed E-state index contributed by atoms with van der Waals surface area (Å²) < 4.78 is 45.6. The van der Waals surface area contributed by atoms with Gasteiger partial charge in [0.15, 0.2) is 0 Å². The Morgan fingerprint density at radius 2 is 2.03 bits per heavy atom. The summed E-state index contributed by atoms with van der Waals surface area (Å²) in [5, 5.41) is -0.286. The quantitative estimate of drug-likeness (QED) is 0.680. The fourth-order valence-electron chi connectivity index (χ4n) is 3.41. The van der Waals surface area contributed by atoms with Gasteiger partial charge in [0, 0.05) is 44.4 Å². The van der Waals surface area contributed by atoms with Gasteiger partial charge in [-0.15, -0.1) is 0 Å². The van der Waals surface area contributed by atoms with E-state index >= 15 is 0 Å². The summed E-state index contributed by atoms with van der Waals surface area (Å²) in [6.45, 7) is 3.36. The molecule has 1 saturated heterocycles. The molecule has 1 N–H and O–H groups in total. The summed E-state index contributed by atoms with van der Waals surface area (Å²) in [7, 11) is -3.90. The van der Waals surface area contributed by atoms with Crippen LogP contribution in [0.1, 0.15) is 17.7 Å². The second-order valence-electron chi connectivity index (χ2n) is 7.21. The molecule has 2 aliphatic heterocycles. The van der Waals surface area contributed by atoms with Crippen molar-refractivity contribution in [3.63, 3.8) is 0 Å². The monoisotopic (exact) mass is 469 g/mol. The lowest BCUT2D eigenvalue weighted by atomic mass is 10.3. The molecule has 3 heterocycles. The Morgan fingerprint density at radius 3 is 2.77 bits per heavy atom. The standard InChI is InChI=1S/C19H21ClFN5O4S/c20-15-9-14(1-2-16(15)21)31(28,29)23-4-3-18(27)26-11-13-10-22-19(24-17(13)12-26)25-5-7-30-8-6-25/h1-2,9-10,23H,3-8,11-12H2. The molecule has 166 valence electrons. The zero-order valence-corrected chi connectivity index (χ0v) is 18.1. The summed E-state index contributed by atoms with van der Waals surface area (Å²) in [6, 6.07) is 3.13. The van der Waals surface area contributed by atoms with Gasteiger partial charge in [-0.3, -0.25) is 4.79 Å². The van der Waals surface area contributed by atoms with E-state index in [-0.39, 0.29) is 28.8 Å². The molecule has 9 nitrogen and oxygen atoms in total. The number of ether oxygens (including phenoxy) is 1. The summed E-state index contributed by atoms with van der Waals surface area (Å²) in [5.74, 6) is -0.280. The normalized spacial score (nSPS) is 16.5. The Kier molecular flexibility index (Phi) is 6.37. The maximum Gasteiger partial charge on any atom is 0.240 e. The molecule has 31 heavy (non-hydrogen) atoms. The number of anilines is 1. The van der Waals surface area contributed by atoms with Crippen LogP contribution >= 0.6 is 11.6 Å². The first-order chi connectivity index (χ1) is 14.8. The van der Waals surface area contributed by atoms with Gasteiger partial charge in [-0.05, 0) is 18.2 Å². The van der Waals surface area contributed by atoms with Gasteiger partial charge >= 0.3 is 0 Å². The number of sulfonamides is 1. The number of hydrogen-bond acceptors (Lipinski definition) is 7. The zero-order chi connectivity index (χ0) is 22.0. The number of halogens is 2. The highest BCUT2D eigenvalue weighted by atomic mass is 35.5. The molecule has 0 atom stereocenters. The van der Waals surface area contributed by atoms with E-state index in [4.69, 9.17) is 16.3 Å². The Balaban J connectivity index is 1.32. The number of benzene rings is 1. The number of fused-ring (bicyclic) bond motifs is 1. The molecule has 2 aliphatic rings. The smallest absolute Gasteiger partial charge is 0.240 e. The number of carbonyl (C=O) groups excluding carboxylic acids is 1. The largest absolute Gasteiger partial charge is 0.378 e. The maximum absolute atomic E-state index is 13.2. The average molecular weight is 470 g/mol. The number of carbonyl (C=O) groups is 1. The van der Waals surface area contributed by atoms with Crippen LogP contribution in [-0.2, 0) is 32.6 Å². The van der Waals surface area contributed by atoms with E-state index in [1.165, 1.54) is 0 Å². The van der Waals surface area contributed by atoms with E-state index in [2.05, 4.69) is 14.7 Å². The number of rotatable bonds is 6. The van der Waals surface area contributed by atoms with Gasteiger partial charge in [0.25, 0.3) is 0 Å². The SMILES string of the molecule is O=C(CCNS(=O)(=O)c1ccc(F)c(Cl)c1)N1Cc2cnc(N3CCOCC3)nc2C1. The predicted molar refractivity (Wildman–Crippen MR) is 111 cm³/mol. The first-order valence-corrected chi connectivity index (χ1v) is 11.6. The van der Waals surface area contributed by atoms with Crippen LogP contribution in [0.5, 0.6) is 0 Å². The van der Waals surface area contributed by atoms with Gasteiger partial charge < -0.3 is 14.5 Å². The highest BCUT2D eigenvalue weighted by Gasteiger charge is 2.26. The van der Waals surface area contributed by atoms with Crippen LogP contribution in [0.3, 0.4) is 0 Å². The van der Waals surface area contributed by atoms with Crippen LogP contribution in [0.15, 0.2) is 29.3 Å². The van der Waals surface area contributed by atoms with Crippen molar-refractivity contribution >= 4 is 33.5 Å². The van der Waals surface area contributed by atoms with Crippen molar-refractivity contribution in [1.82, 2.24) is 19.6 Å². The van der Waals surface area contributed by atoms with E-state index < -0.39 is 15.8 Å². The first kappa shape index (κ1) is 21.9. The first-order valence-electron chi connectivity index (χ1n) is 9.73. The van der Waals surface area contributed by atoms with Gasteiger partial charge in [0.2, 0.25) is 21.9 Å². The molecule has 1 aromatic carbocycles. The minimum atomic E-state index is -3.90. The second-order valence-corrected chi connectivity index (χ2v) is 9.39. The molecular weight excluding hydrogens is 449 g/mol. The van der Waals surface area contributed by atoms with E-state index in [9.17, 15) is 17.6 Å². The minimum Gasteiger partial charge on any atom is -0.378 e. The molecule has 2 aromatic rings. The fraction of sp³-hybridized carbons (Fsp3) is 0.421. The van der Waals surface area contributed by atoms with Gasteiger partial charge in [-0.1, -0.05) is 11.6 Å². The Morgan fingerprint density at radius 1 is 1.26 bits per heavy atom. The van der Waals surface area contributed by atoms with Crippen LogP contribution < -0.4 is 9.62 Å². The van der Waals surface area contributed by atoms with E-state index in [1.807, 2.05) is 4.90 Å². The molecule has 0 bridgehead atoms. The van der Waals surface area contributed by atoms with Crippen LogP contribution in [0, 0.1) is 5.82 Å².